The van der Waals surface area contributed by atoms with Crippen LogP contribution in [0.2, 0.25) is 0 Å². The van der Waals surface area contributed by atoms with Gasteiger partial charge < -0.3 is 97.4 Å². The third-order valence-electron chi connectivity index (χ3n) is 17.0. The largest absolute Gasteiger partial charge is 4.00 e. The molecule has 0 aliphatic heterocycles. The summed E-state index contributed by atoms with van der Waals surface area (Å²) in [7, 11) is 0. The quantitative estimate of drug-likeness (QED) is 0.0227. The van der Waals surface area contributed by atoms with Crippen molar-refractivity contribution in [3.05, 3.63) is 95.1 Å². The standard InChI is InChI=1S/4C21H36O5.Zr/c4*1-5-8-14-23-17-21(4,26-22)18-12-11-13-19(24-15-9-6-2)20(18)25-16-10-7-3;/h4*11-13,22H,5-10,14-17H2,1-4H3;/q;;;;+4/p-4. The summed E-state index contributed by atoms with van der Waals surface area (Å²) in [6.45, 7) is 40.2. The molecule has 4 aromatic rings. The monoisotopic (exact) mass is 1560 g/mol. The average Bonchev–Trinajstić information content (AvgIpc) is 0.822. The van der Waals surface area contributed by atoms with Crippen LogP contribution in [-0.2, 0) is 87.1 Å². The maximum absolute atomic E-state index is 11.6. The van der Waals surface area contributed by atoms with E-state index in [1.54, 1.807) is 27.7 Å². The fourth-order valence-electron chi connectivity index (χ4n) is 10.00. The molecule has 0 radical (unpaired) electrons. The molecule has 0 bridgehead atoms. The van der Waals surface area contributed by atoms with Gasteiger partial charge in [-0.3, -0.25) is 0 Å². The van der Waals surface area contributed by atoms with Gasteiger partial charge in [0.1, 0.15) is 22.4 Å². The third kappa shape index (κ3) is 39.2. The number of ether oxygens (including phenoxy) is 12. The summed E-state index contributed by atoms with van der Waals surface area (Å²) in [5.41, 5.74) is -1.80. The summed E-state index contributed by atoms with van der Waals surface area (Å²) in [4.78, 5) is 18.5. The smallest absolute Gasteiger partial charge is 0.723 e. The Morgan fingerprint density at radius 2 is 0.381 bits per heavy atom. The van der Waals surface area contributed by atoms with E-state index in [1.807, 2.05) is 72.8 Å². The summed E-state index contributed by atoms with van der Waals surface area (Å²) in [6.07, 6.45) is 23.9. The predicted molar refractivity (Wildman–Crippen MR) is 406 cm³/mol. The van der Waals surface area contributed by atoms with Crippen LogP contribution in [0.4, 0.5) is 0 Å². The maximum Gasteiger partial charge on any atom is 4.00 e. The Bertz CT molecular complexity index is 2330. The second kappa shape index (κ2) is 63.5. The fourth-order valence-corrected chi connectivity index (χ4v) is 10.00. The van der Waals surface area contributed by atoms with Gasteiger partial charge in [-0.25, -0.2) is 0 Å². The molecule has 21 heteroatoms. The molecule has 0 spiro atoms. The van der Waals surface area contributed by atoms with E-state index in [0.717, 1.165) is 154 Å². The molecule has 4 rings (SSSR count). The van der Waals surface area contributed by atoms with E-state index in [1.165, 1.54) is 0 Å². The summed E-state index contributed by atoms with van der Waals surface area (Å²) in [6, 6.07) is 22.4. The van der Waals surface area contributed by atoms with E-state index in [-0.39, 0.29) is 52.6 Å². The maximum atomic E-state index is 11.6. The van der Waals surface area contributed by atoms with Gasteiger partial charge in [0.2, 0.25) is 0 Å². The molecule has 0 aromatic heterocycles. The number of hydrogen-bond acceptors (Lipinski definition) is 20. The van der Waals surface area contributed by atoms with Crippen molar-refractivity contribution in [1.82, 2.24) is 0 Å². The molecule has 4 aromatic carbocycles. The van der Waals surface area contributed by atoms with Gasteiger partial charge in [0, 0.05) is 48.7 Å². The number of hydrogen-bond donors (Lipinski definition) is 0. The number of unbranched alkanes of at least 4 members (excludes halogenated alkanes) is 12. The first-order chi connectivity index (χ1) is 50.5. The van der Waals surface area contributed by atoms with Crippen molar-refractivity contribution in [2.24, 2.45) is 0 Å². The third-order valence-corrected chi connectivity index (χ3v) is 17.0. The molecule has 20 nitrogen and oxygen atoms in total. The first-order valence-corrected chi connectivity index (χ1v) is 39.6. The molecule has 0 aliphatic rings. The Morgan fingerprint density at radius 1 is 0.229 bits per heavy atom. The van der Waals surface area contributed by atoms with E-state index < -0.39 is 22.4 Å². The molecule has 4 unspecified atom stereocenters. The Balaban J connectivity index is 0.00000137. The molecule has 4 atom stereocenters. The van der Waals surface area contributed by atoms with E-state index >= 15 is 0 Å². The van der Waals surface area contributed by atoms with Gasteiger partial charge in [-0.1, -0.05) is 209 Å². The van der Waals surface area contributed by atoms with E-state index in [2.05, 4.69) is 103 Å². The van der Waals surface area contributed by atoms with Crippen LogP contribution in [0.15, 0.2) is 72.8 Å². The van der Waals surface area contributed by atoms with Gasteiger partial charge in [-0.15, -0.1) is 0 Å². The second-order valence-corrected chi connectivity index (χ2v) is 27.0. The number of para-hydroxylation sites is 4. The Labute approximate surface area is 653 Å². The molecule has 105 heavy (non-hydrogen) atoms. The number of benzene rings is 4. The predicted octanol–water partition coefficient (Wildman–Crippen LogP) is 17.5. The van der Waals surface area contributed by atoms with Crippen LogP contribution in [0.5, 0.6) is 46.0 Å². The summed E-state index contributed by atoms with van der Waals surface area (Å²) >= 11 is 0. The van der Waals surface area contributed by atoms with Crippen LogP contribution in [0.3, 0.4) is 0 Å². The minimum atomic E-state index is -1.13. The normalized spacial score (nSPS) is 13.3. The zero-order valence-electron chi connectivity index (χ0n) is 67.9. The summed E-state index contributed by atoms with van der Waals surface area (Å²) in [5.74, 6) is 4.99. The molecule has 0 saturated carbocycles. The van der Waals surface area contributed by atoms with E-state index in [4.69, 9.17) is 56.8 Å². The van der Waals surface area contributed by atoms with Crippen LogP contribution in [0, 0.1) is 0 Å². The number of rotatable bonds is 60. The molecule has 0 heterocycles. The topological polar surface area (TPSA) is 240 Å². The van der Waals surface area contributed by atoms with Crippen LogP contribution in [0.1, 0.15) is 287 Å². The van der Waals surface area contributed by atoms with Gasteiger partial charge in [0.05, 0.1) is 79.3 Å². The van der Waals surface area contributed by atoms with Crippen molar-refractivity contribution in [1.29, 1.82) is 0 Å². The molecular weight excluding hydrogens is 1420 g/mol. The minimum Gasteiger partial charge on any atom is -0.723 e. The van der Waals surface area contributed by atoms with Crippen molar-refractivity contribution in [2.75, 3.05) is 106 Å². The van der Waals surface area contributed by atoms with Crippen molar-refractivity contribution in [3.8, 4) is 46.0 Å². The Hall–Kier alpha value is -4.32. The van der Waals surface area contributed by atoms with Gasteiger partial charge in [-0.2, -0.15) is 0 Å². The van der Waals surface area contributed by atoms with Crippen LogP contribution in [0.25, 0.3) is 0 Å². The zero-order chi connectivity index (χ0) is 77.0. The summed E-state index contributed by atoms with van der Waals surface area (Å²) < 4.78 is 70.4. The van der Waals surface area contributed by atoms with Gasteiger partial charge in [0.25, 0.3) is 0 Å². The molecule has 0 N–H and O–H groups in total. The molecule has 0 fully saturated rings. The molecule has 600 valence electrons. The van der Waals surface area contributed by atoms with Crippen molar-refractivity contribution >= 4 is 0 Å². The zero-order valence-corrected chi connectivity index (χ0v) is 70.3. The second-order valence-electron chi connectivity index (χ2n) is 27.0. The molecule has 0 aliphatic carbocycles. The van der Waals surface area contributed by atoms with E-state index in [9.17, 15) is 21.0 Å². The van der Waals surface area contributed by atoms with Gasteiger partial charge in [0.15, 0.2) is 46.0 Å². The molecular formula is C84H140O20Zr. The minimum absolute atomic E-state index is 0. The average molecular weight is 1560 g/mol. The van der Waals surface area contributed by atoms with Crippen molar-refractivity contribution in [2.45, 2.75) is 287 Å². The van der Waals surface area contributed by atoms with Gasteiger partial charge in [-0.05, 0) is 129 Å². The fraction of sp³-hybridized carbons (Fsp3) is 0.714. The summed E-state index contributed by atoms with van der Waals surface area (Å²) in [5, 5.41) is 46.4. The van der Waals surface area contributed by atoms with Gasteiger partial charge >= 0.3 is 26.2 Å². The van der Waals surface area contributed by atoms with Crippen LogP contribution >= 0.6 is 0 Å². The van der Waals surface area contributed by atoms with Crippen LogP contribution in [-0.4, -0.2) is 106 Å². The Morgan fingerprint density at radius 3 is 0.533 bits per heavy atom. The Kier molecular flexibility index (Phi) is 60.8. The van der Waals surface area contributed by atoms with E-state index in [0.29, 0.717) is 148 Å². The van der Waals surface area contributed by atoms with Crippen molar-refractivity contribution < 1.29 is 124 Å². The molecule has 0 amide bonds. The first kappa shape index (κ1) is 101. The molecule has 0 saturated heterocycles. The van der Waals surface area contributed by atoms with Crippen LogP contribution < -0.4 is 58.9 Å². The first-order valence-electron chi connectivity index (χ1n) is 39.6. The van der Waals surface area contributed by atoms with Crippen molar-refractivity contribution in [3.63, 3.8) is 0 Å². The SMILES string of the molecule is CCCCOCC(C)(O[O-])c1cccc(OCCCC)c1OCCCC.CCCCOCC(C)(O[O-])c1cccc(OCCCC)c1OCCCC.CCCCOCC(C)(O[O-])c1cccc(OCCCC)c1OCCCC.CCCCOCC(C)(O[O-])c1cccc(OCCCC)c1OCCCC.[Zr+4].